The molecule has 0 saturated carbocycles. The third-order valence-electron chi connectivity index (χ3n) is 4.49. The van der Waals surface area contributed by atoms with E-state index in [4.69, 9.17) is 13.2 Å². The van der Waals surface area contributed by atoms with E-state index in [0.717, 1.165) is 46.4 Å². The fourth-order valence-electron chi connectivity index (χ4n) is 3.06. The predicted molar refractivity (Wildman–Crippen MR) is 101 cm³/mol. The average molecular weight is 363 g/mol. The number of hydrogen-bond acceptors (Lipinski definition) is 4. The molecule has 3 rings (SSSR count). The third-order valence-corrected chi connectivity index (χ3v) is 4.49. The molecule has 1 aliphatic rings. The molecule has 5 nitrogen and oxygen atoms in total. The molecule has 0 radical (unpaired) electrons. The summed E-state index contributed by atoms with van der Waals surface area (Å²) in [4.78, 5) is 0. The van der Waals surface area contributed by atoms with Crippen molar-refractivity contribution in [2.75, 3.05) is 0 Å². The molecule has 1 heterocycles. The Balaban J connectivity index is 0.000000511. The van der Waals surface area contributed by atoms with Crippen LogP contribution in [-0.4, -0.2) is 19.1 Å². The Labute approximate surface area is 150 Å². The molecule has 0 amide bonds. The van der Waals surface area contributed by atoms with Crippen LogP contribution in [-0.2, 0) is 17.3 Å². The van der Waals surface area contributed by atoms with Gasteiger partial charge in [0.1, 0.15) is 17.1 Å². The smallest absolute Gasteiger partial charge is 0.198 e. The Morgan fingerprint density at radius 1 is 1.12 bits per heavy atom. The van der Waals surface area contributed by atoms with Crippen molar-refractivity contribution in [1.29, 1.82) is 0 Å². The van der Waals surface area contributed by atoms with Gasteiger partial charge in [-0.2, -0.15) is 0 Å². The summed E-state index contributed by atoms with van der Waals surface area (Å²) in [5.74, 6) is 1.35. The van der Waals surface area contributed by atoms with Gasteiger partial charge in [-0.05, 0) is 57.2 Å². The van der Waals surface area contributed by atoms with Crippen molar-refractivity contribution in [3.05, 3.63) is 47.0 Å². The maximum Gasteiger partial charge on any atom is 0.198 e. The molecule has 25 heavy (non-hydrogen) atoms. The average Bonchev–Trinajstić information content (AvgIpc) is 2.54. The standard InChI is InChI=1S/C19H22O2.H3NO2S/c1-12-13(2)18-15(10-11-19(3,4)21-18)16(17(12)20)14-8-6-5-7-9-14;1-4(2)3/h5-9,20H,10-11H2,1-4H3;4H,(H2,1,2,3). The van der Waals surface area contributed by atoms with Gasteiger partial charge in [0, 0.05) is 11.1 Å². The first-order valence-electron chi connectivity index (χ1n) is 8.12. The van der Waals surface area contributed by atoms with E-state index >= 15 is 0 Å². The van der Waals surface area contributed by atoms with Gasteiger partial charge >= 0.3 is 0 Å². The highest BCUT2D eigenvalue weighted by Crippen LogP contribution is 2.47. The molecule has 136 valence electrons. The minimum Gasteiger partial charge on any atom is -0.507 e. The highest BCUT2D eigenvalue weighted by molar-refractivity contribution is 7.69. The summed E-state index contributed by atoms with van der Waals surface area (Å²) in [6, 6.07) is 10.1. The zero-order chi connectivity index (χ0) is 18.8. The number of ether oxygens (including phenoxy) is 1. The van der Waals surface area contributed by atoms with Gasteiger partial charge in [-0.15, -0.1) is 0 Å². The second-order valence-corrected chi connectivity index (χ2v) is 7.37. The lowest BCUT2D eigenvalue weighted by molar-refractivity contribution is 0.0836. The number of benzene rings is 2. The van der Waals surface area contributed by atoms with E-state index in [1.54, 1.807) is 0 Å². The van der Waals surface area contributed by atoms with Gasteiger partial charge < -0.3 is 9.84 Å². The minimum atomic E-state index is -2.62. The molecule has 2 aromatic carbocycles. The summed E-state index contributed by atoms with van der Waals surface area (Å²) >= 11 is 0. The number of fused-ring (bicyclic) bond motifs is 1. The Morgan fingerprint density at radius 3 is 2.24 bits per heavy atom. The Kier molecular flexibility index (Phi) is 5.75. The van der Waals surface area contributed by atoms with Crippen LogP contribution in [0.3, 0.4) is 0 Å². The maximum atomic E-state index is 10.7. The minimum absolute atomic E-state index is 0.144. The molecular weight excluding hydrogens is 338 g/mol. The van der Waals surface area contributed by atoms with Crippen molar-refractivity contribution in [2.45, 2.75) is 46.1 Å². The van der Waals surface area contributed by atoms with Crippen molar-refractivity contribution in [3.63, 3.8) is 0 Å². The lowest BCUT2D eigenvalue weighted by atomic mass is 9.85. The zero-order valence-corrected chi connectivity index (χ0v) is 15.9. The first kappa shape index (κ1) is 19.3. The second kappa shape index (κ2) is 7.45. The Hall–Kier alpha value is -2.05. The van der Waals surface area contributed by atoms with Crippen LogP contribution in [0.4, 0.5) is 0 Å². The lowest BCUT2D eigenvalue weighted by Crippen LogP contribution is -2.33. The molecule has 0 aromatic heterocycles. The van der Waals surface area contributed by atoms with Crippen LogP contribution >= 0.6 is 0 Å². The number of phenolic OH excluding ortho intramolecular Hbond substituents is 1. The van der Waals surface area contributed by atoms with Gasteiger partial charge in [0.15, 0.2) is 10.9 Å². The monoisotopic (exact) mass is 363 g/mol. The van der Waals surface area contributed by atoms with Crippen LogP contribution in [0.2, 0.25) is 0 Å². The summed E-state index contributed by atoms with van der Waals surface area (Å²) in [5.41, 5.74) is 4.94. The summed E-state index contributed by atoms with van der Waals surface area (Å²) in [7, 11) is -2.62. The number of aromatic hydroxyl groups is 1. The van der Waals surface area contributed by atoms with Crippen LogP contribution in [0, 0.1) is 13.8 Å². The summed E-state index contributed by atoms with van der Waals surface area (Å²) in [5, 5.41) is 14.7. The topological polar surface area (TPSA) is 89.6 Å². The Bertz CT molecular complexity index is 834. The molecule has 0 atom stereocenters. The van der Waals surface area contributed by atoms with Gasteiger partial charge in [0.2, 0.25) is 0 Å². The Morgan fingerprint density at radius 2 is 1.68 bits per heavy atom. The number of nitrogens with two attached hydrogens (primary N) is 1. The van der Waals surface area contributed by atoms with Gasteiger partial charge in [0.05, 0.1) is 0 Å². The van der Waals surface area contributed by atoms with Gasteiger partial charge in [-0.1, -0.05) is 30.3 Å². The zero-order valence-electron chi connectivity index (χ0n) is 15.0. The molecule has 1 aliphatic heterocycles. The normalized spacial score (nSPS) is 15.0. The third kappa shape index (κ3) is 4.32. The molecule has 0 unspecified atom stereocenters. The molecule has 6 heteroatoms. The largest absolute Gasteiger partial charge is 0.507 e. The van der Waals surface area contributed by atoms with Crippen LogP contribution in [0.25, 0.3) is 11.1 Å². The fraction of sp³-hybridized carbons (Fsp3) is 0.368. The van der Waals surface area contributed by atoms with E-state index in [0.29, 0.717) is 5.75 Å². The van der Waals surface area contributed by atoms with E-state index < -0.39 is 10.9 Å². The summed E-state index contributed by atoms with van der Waals surface area (Å²) in [6.45, 7) is 8.24. The fourth-order valence-corrected chi connectivity index (χ4v) is 3.06. The van der Waals surface area contributed by atoms with E-state index in [1.807, 2.05) is 44.2 Å². The van der Waals surface area contributed by atoms with E-state index in [2.05, 4.69) is 19.0 Å². The molecule has 2 aromatic rings. The molecule has 0 fully saturated rings. The lowest BCUT2D eigenvalue weighted by Gasteiger charge is -2.35. The van der Waals surface area contributed by atoms with Crippen molar-refractivity contribution >= 4 is 10.9 Å². The maximum absolute atomic E-state index is 10.7. The number of thiol groups is 1. The molecule has 0 aliphatic carbocycles. The van der Waals surface area contributed by atoms with Crippen molar-refractivity contribution < 1.29 is 18.3 Å². The summed E-state index contributed by atoms with van der Waals surface area (Å²) < 4.78 is 23.9. The van der Waals surface area contributed by atoms with Crippen LogP contribution in [0.15, 0.2) is 30.3 Å². The van der Waals surface area contributed by atoms with Gasteiger partial charge in [-0.25, -0.2) is 13.6 Å². The van der Waals surface area contributed by atoms with Crippen LogP contribution in [0.1, 0.15) is 37.0 Å². The van der Waals surface area contributed by atoms with Crippen LogP contribution < -0.4 is 9.88 Å². The van der Waals surface area contributed by atoms with Crippen molar-refractivity contribution in [1.82, 2.24) is 0 Å². The predicted octanol–water partition coefficient (Wildman–Crippen LogP) is 3.25. The number of hydrogen-bond donors (Lipinski definition) is 3. The summed E-state index contributed by atoms with van der Waals surface area (Å²) in [6.07, 6.45) is 1.89. The first-order valence-corrected chi connectivity index (χ1v) is 9.37. The molecule has 3 N–H and O–H groups in total. The van der Waals surface area contributed by atoms with E-state index in [1.165, 1.54) is 0 Å². The highest BCUT2D eigenvalue weighted by Gasteiger charge is 2.32. The van der Waals surface area contributed by atoms with Crippen LogP contribution in [0.5, 0.6) is 11.5 Å². The van der Waals surface area contributed by atoms with E-state index in [-0.39, 0.29) is 5.60 Å². The van der Waals surface area contributed by atoms with Crippen molar-refractivity contribution in [3.8, 4) is 22.6 Å². The molecule has 0 spiro atoms. The van der Waals surface area contributed by atoms with E-state index in [9.17, 15) is 5.11 Å². The molecule has 0 saturated heterocycles. The van der Waals surface area contributed by atoms with Crippen molar-refractivity contribution in [2.24, 2.45) is 5.14 Å². The second-order valence-electron chi connectivity index (χ2n) is 6.79. The number of rotatable bonds is 1. The highest BCUT2D eigenvalue weighted by atomic mass is 32.2. The molecule has 0 bridgehead atoms. The quantitative estimate of drug-likeness (QED) is 0.679. The first-order chi connectivity index (χ1) is 11.6. The molecular formula is C19H25NO4S. The van der Waals surface area contributed by atoms with Gasteiger partial charge in [-0.3, -0.25) is 0 Å². The number of phenols is 1. The van der Waals surface area contributed by atoms with Gasteiger partial charge in [0.25, 0.3) is 0 Å². The SMILES string of the molecule is Cc1c(C)c2c(c(-c3ccccc3)c1O)CCC(C)(C)O2.N[SH](=O)=O.